The number of aliphatic carboxylic acids is 1. The molecule has 1 aromatic heterocycles. The molecule has 6 heteroatoms. The lowest BCUT2D eigenvalue weighted by atomic mass is 9.94. The number of urea groups is 1. The third-order valence-corrected chi connectivity index (χ3v) is 5.12. The second-order valence-corrected chi connectivity index (χ2v) is 6.56. The van der Waals surface area contributed by atoms with Crippen LogP contribution >= 0.6 is 11.3 Å². The molecule has 5 nitrogen and oxygen atoms in total. The minimum Gasteiger partial charge on any atom is -0.480 e. The van der Waals surface area contributed by atoms with Gasteiger partial charge in [-0.25, -0.2) is 9.59 Å². The van der Waals surface area contributed by atoms with E-state index in [-0.39, 0.29) is 12.0 Å². The normalized spacial score (nSPS) is 20.2. The molecule has 0 aromatic carbocycles. The largest absolute Gasteiger partial charge is 0.480 e. The van der Waals surface area contributed by atoms with Gasteiger partial charge in [0.25, 0.3) is 0 Å². The summed E-state index contributed by atoms with van der Waals surface area (Å²) >= 11 is 1.72. The van der Waals surface area contributed by atoms with Crippen molar-refractivity contribution in [3.05, 3.63) is 21.9 Å². The molecule has 21 heavy (non-hydrogen) atoms. The van der Waals surface area contributed by atoms with Gasteiger partial charge < -0.3 is 15.7 Å². The molecule has 0 saturated heterocycles. The van der Waals surface area contributed by atoms with Gasteiger partial charge in [-0.3, -0.25) is 0 Å². The summed E-state index contributed by atoms with van der Waals surface area (Å²) < 4.78 is 0. The number of hydrogen-bond acceptors (Lipinski definition) is 3. The van der Waals surface area contributed by atoms with Crippen molar-refractivity contribution < 1.29 is 14.7 Å². The number of nitrogens with one attached hydrogen (secondary N) is 2. The van der Waals surface area contributed by atoms with Crippen molar-refractivity contribution in [3.8, 4) is 0 Å². The maximum absolute atomic E-state index is 12.1. The van der Waals surface area contributed by atoms with Crippen LogP contribution in [0, 0.1) is 5.92 Å². The average molecular weight is 310 g/mol. The number of hydrogen-bond donors (Lipinski definition) is 3. The van der Waals surface area contributed by atoms with Crippen LogP contribution in [0.15, 0.2) is 11.4 Å². The van der Waals surface area contributed by atoms with Crippen LogP contribution in [0.1, 0.15) is 49.6 Å². The predicted octanol–water partition coefficient (Wildman–Crippen LogP) is 2.92. The zero-order valence-electron chi connectivity index (χ0n) is 12.4. The molecule has 2 amide bonds. The van der Waals surface area contributed by atoms with Crippen LogP contribution in [0.25, 0.3) is 0 Å². The molecular formula is C15H22N2O3S. The van der Waals surface area contributed by atoms with Crippen LogP contribution in [0.2, 0.25) is 0 Å². The number of carboxylic acid groups (broad SMARTS) is 1. The van der Waals surface area contributed by atoms with E-state index in [1.165, 1.54) is 10.4 Å². The monoisotopic (exact) mass is 310 g/mol. The van der Waals surface area contributed by atoms with Gasteiger partial charge in [0.05, 0.1) is 6.04 Å². The Morgan fingerprint density at radius 2 is 2.29 bits per heavy atom. The molecular weight excluding hydrogens is 288 g/mol. The van der Waals surface area contributed by atoms with E-state index in [1.807, 2.05) is 25.3 Å². The van der Waals surface area contributed by atoms with Gasteiger partial charge in [0.2, 0.25) is 0 Å². The van der Waals surface area contributed by atoms with Gasteiger partial charge in [-0.2, -0.15) is 0 Å². The highest BCUT2D eigenvalue weighted by Crippen LogP contribution is 2.33. The van der Waals surface area contributed by atoms with E-state index in [0.29, 0.717) is 6.42 Å². The molecule has 0 aliphatic heterocycles. The van der Waals surface area contributed by atoms with Crippen molar-refractivity contribution in [2.75, 3.05) is 0 Å². The first-order valence-electron chi connectivity index (χ1n) is 7.39. The Bertz CT molecular complexity index is 515. The number of thiophene rings is 1. The number of rotatable bonds is 5. The highest BCUT2D eigenvalue weighted by molar-refractivity contribution is 7.10. The molecule has 1 aliphatic carbocycles. The summed E-state index contributed by atoms with van der Waals surface area (Å²) in [6.45, 7) is 3.75. The summed E-state index contributed by atoms with van der Waals surface area (Å²) in [6, 6.07) is 0.798. The minimum atomic E-state index is -0.987. The van der Waals surface area contributed by atoms with Gasteiger partial charge in [0.15, 0.2) is 0 Å². The smallest absolute Gasteiger partial charge is 0.326 e. The lowest BCUT2D eigenvalue weighted by Gasteiger charge is -2.26. The highest BCUT2D eigenvalue weighted by Gasteiger charge is 2.27. The maximum Gasteiger partial charge on any atom is 0.326 e. The molecule has 2 unspecified atom stereocenters. The van der Waals surface area contributed by atoms with Gasteiger partial charge in [-0.05, 0) is 42.2 Å². The summed E-state index contributed by atoms with van der Waals surface area (Å²) in [5, 5.41) is 16.8. The molecule has 3 atom stereocenters. The van der Waals surface area contributed by atoms with Crippen LogP contribution in [-0.2, 0) is 11.2 Å². The van der Waals surface area contributed by atoms with E-state index in [1.54, 1.807) is 11.3 Å². The van der Waals surface area contributed by atoms with Crippen molar-refractivity contribution in [2.45, 2.75) is 51.6 Å². The average Bonchev–Trinajstić information content (AvgIpc) is 2.93. The molecule has 0 fully saturated rings. The molecule has 0 bridgehead atoms. The quantitative estimate of drug-likeness (QED) is 0.782. The molecule has 1 aromatic rings. The second-order valence-electron chi connectivity index (χ2n) is 5.56. The van der Waals surface area contributed by atoms with Gasteiger partial charge >= 0.3 is 12.0 Å². The van der Waals surface area contributed by atoms with Crippen LogP contribution < -0.4 is 10.6 Å². The fraction of sp³-hybridized carbons (Fsp3) is 0.600. The highest BCUT2D eigenvalue weighted by atomic mass is 32.1. The van der Waals surface area contributed by atoms with E-state index in [9.17, 15) is 14.7 Å². The van der Waals surface area contributed by atoms with E-state index in [4.69, 9.17) is 0 Å². The molecule has 2 rings (SSSR count). The molecule has 0 radical (unpaired) electrons. The van der Waals surface area contributed by atoms with Crippen molar-refractivity contribution in [2.24, 2.45) is 5.92 Å². The summed E-state index contributed by atoms with van der Waals surface area (Å²) in [4.78, 5) is 24.7. The zero-order valence-corrected chi connectivity index (χ0v) is 13.2. The first kappa shape index (κ1) is 15.8. The Balaban J connectivity index is 1.98. The topological polar surface area (TPSA) is 78.4 Å². The zero-order chi connectivity index (χ0) is 15.4. The molecule has 1 aliphatic rings. The lowest BCUT2D eigenvalue weighted by Crippen LogP contribution is -2.50. The predicted molar refractivity (Wildman–Crippen MR) is 82.5 cm³/mol. The third-order valence-electron chi connectivity index (χ3n) is 4.12. The summed E-state index contributed by atoms with van der Waals surface area (Å²) in [6.07, 6.45) is 3.72. The van der Waals surface area contributed by atoms with E-state index in [2.05, 4.69) is 10.6 Å². The Kier molecular flexibility index (Phi) is 5.22. The van der Waals surface area contributed by atoms with Crippen LogP contribution in [0.5, 0.6) is 0 Å². The second kappa shape index (κ2) is 6.93. The van der Waals surface area contributed by atoms with E-state index >= 15 is 0 Å². The van der Waals surface area contributed by atoms with Crippen LogP contribution in [-0.4, -0.2) is 23.1 Å². The van der Waals surface area contributed by atoms with Gasteiger partial charge in [-0.1, -0.05) is 20.3 Å². The number of fused-ring (bicyclic) bond motifs is 1. The fourth-order valence-electron chi connectivity index (χ4n) is 2.66. The third kappa shape index (κ3) is 3.75. The Labute approximate surface area is 128 Å². The maximum atomic E-state index is 12.1. The summed E-state index contributed by atoms with van der Waals surface area (Å²) in [5.41, 5.74) is 1.18. The standard InChI is InChI=1S/C15H22N2O3S/c1-3-9(2)13(14(18)19)17-15(20)16-11-5-4-6-12-10(11)7-8-21-12/h7-9,11,13H,3-6H2,1-2H3,(H,18,19)(H2,16,17,20)/t9?,11?,13-/m0/s1. The van der Waals surface area contributed by atoms with Gasteiger partial charge in [0, 0.05) is 4.88 Å². The summed E-state index contributed by atoms with van der Waals surface area (Å²) in [5.74, 6) is -1.09. The number of carbonyl (C=O) groups excluding carboxylic acids is 1. The van der Waals surface area contributed by atoms with Crippen molar-refractivity contribution >= 4 is 23.3 Å². The first-order chi connectivity index (χ1) is 10.0. The van der Waals surface area contributed by atoms with Crippen LogP contribution in [0.4, 0.5) is 4.79 Å². The number of carboxylic acids is 1. The molecule has 1 heterocycles. The van der Waals surface area contributed by atoms with Crippen molar-refractivity contribution in [1.82, 2.24) is 10.6 Å². The van der Waals surface area contributed by atoms with Crippen LogP contribution in [0.3, 0.4) is 0 Å². The Morgan fingerprint density at radius 3 is 2.95 bits per heavy atom. The summed E-state index contributed by atoms with van der Waals surface area (Å²) in [7, 11) is 0. The SMILES string of the molecule is CCC(C)[C@H](NC(=O)NC1CCCc2sccc21)C(=O)O. The van der Waals surface area contributed by atoms with E-state index in [0.717, 1.165) is 19.3 Å². The molecule has 3 N–H and O–H groups in total. The molecule has 0 saturated carbocycles. The van der Waals surface area contributed by atoms with Crippen molar-refractivity contribution in [1.29, 1.82) is 0 Å². The molecule has 0 spiro atoms. The number of carbonyl (C=O) groups is 2. The lowest BCUT2D eigenvalue weighted by molar-refractivity contribution is -0.140. The van der Waals surface area contributed by atoms with Crippen molar-refractivity contribution in [3.63, 3.8) is 0 Å². The number of amides is 2. The Morgan fingerprint density at radius 1 is 1.52 bits per heavy atom. The Hall–Kier alpha value is -1.56. The van der Waals surface area contributed by atoms with Gasteiger partial charge in [-0.15, -0.1) is 11.3 Å². The van der Waals surface area contributed by atoms with E-state index < -0.39 is 18.0 Å². The fourth-order valence-corrected chi connectivity index (χ4v) is 3.65. The minimum absolute atomic E-state index is 0.00798. The number of aryl methyl sites for hydroxylation is 1. The first-order valence-corrected chi connectivity index (χ1v) is 8.27. The van der Waals surface area contributed by atoms with Gasteiger partial charge in [0.1, 0.15) is 6.04 Å². The molecule has 116 valence electrons.